The van der Waals surface area contributed by atoms with Crippen molar-refractivity contribution in [1.29, 1.82) is 0 Å². The van der Waals surface area contributed by atoms with Crippen LogP contribution in [0.15, 0.2) is 42.5 Å². The molecular weight excluding hydrogens is 265 g/mol. The van der Waals surface area contributed by atoms with Crippen LogP contribution in [0.3, 0.4) is 0 Å². The highest BCUT2D eigenvalue weighted by Gasteiger charge is 2.11. The van der Waals surface area contributed by atoms with Crippen molar-refractivity contribution in [2.24, 2.45) is 0 Å². The molecule has 0 aliphatic carbocycles. The average Bonchev–Trinajstić information content (AvgIpc) is 2.47. The number of benzene rings is 2. The van der Waals surface area contributed by atoms with Crippen LogP contribution in [0, 0.1) is 12.7 Å². The summed E-state index contributed by atoms with van der Waals surface area (Å²) < 4.78 is 18.5. The number of halogens is 1. The Morgan fingerprint density at radius 3 is 2.71 bits per heavy atom. The van der Waals surface area contributed by atoms with Crippen LogP contribution in [0.5, 0.6) is 5.75 Å². The lowest BCUT2D eigenvalue weighted by atomic mass is 10.0. The van der Waals surface area contributed by atoms with Crippen molar-refractivity contribution in [3.63, 3.8) is 0 Å². The normalized spacial score (nSPS) is 12.2. The molecule has 2 rings (SSSR count). The van der Waals surface area contributed by atoms with Gasteiger partial charge in [-0.15, -0.1) is 0 Å². The first-order chi connectivity index (χ1) is 10.1. The summed E-state index contributed by atoms with van der Waals surface area (Å²) in [6.45, 7) is 4.98. The van der Waals surface area contributed by atoms with Gasteiger partial charge in [0.05, 0.1) is 7.11 Å². The van der Waals surface area contributed by atoms with Gasteiger partial charge in [-0.05, 0) is 50.6 Å². The Labute approximate surface area is 126 Å². The van der Waals surface area contributed by atoms with E-state index in [0.717, 1.165) is 29.8 Å². The molecule has 0 heterocycles. The molecule has 0 aliphatic heterocycles. The molecule has 0 aromatic heterocycles. The molecule has 0 spiro atoms. The second-order valence-corrected chi connectivity index (χ2v) is 5.30. The number of rotatable bonds is 6. The molecule has 1 N–H and O–H groups in total. The molecule has 2 aromatic rings. The van der Waals surface area contributed by atoms with Gasteiger partial charge in [-0.3, -0.25) is 0 Å². The van der Waals surface area contributed by atoms with Gasteiger partial charge in [0, 0.05) is 11.6 Å². The van der Waals surface area contributed by atoms with Gasteiger partial charge in [-0.25, -0.2) is 4.39 Å². The van der Waals surface area contributed by atoms with Crippen LogP contribution in [-0.4, -0.2) is 13.7 Å². The van der Waals surface area contributed by atoms with E-state index in [2.05, 4.69) is 25.2 Å². The Bertz CT molecular complexity index is 598. The zero-order valence-corrected chi connectivity index (χ0v) is 12.8. The molecule has 3 heteroatoms. The number of nitrogens with one attached hydrogen (secondary N) is 1. The van der Waals surface area contributed by atoms with Crippen LogP contribution in [0.2, 0.25) is 0 Å². The zero-order valence-electron chi connectivity index (χ0n) is 12.8. The molecule has 1 atom stereocenters. The molecule has 21 heavy (non-hydrogen) atoms. The summed E-state index contributed by atoms with van der Waals surface area (Å²) in [6.07, 6.45) is 0.802. The van der Waals surface area contributed by atoms with E-state index in [4.69, 9.17) is 4.74 Å². The molecule has 2 aromatic carbocycles. The molecule has 0 radical (unpaired) electrons. The lowest BCUT2D eigenvalue weighted by Crippen LogP contribution is -2.22. The van der Waals surface area contributed by atoms with Crippen molar-refractivity contribution >= 4 is 0 Å². The maximum Gasteiger partial charge on any atom is 0.123 e. The van der Waals surface area contributed by atoms with Gasteiger partial charge < -0.3 is 10.1 Å². The highest BCUT2D eigenvalue weighted by molar-refractivity contribution is 5.38. The van der Waals surface area contributed by atoms with Crippen LogP contribution in [0.1, 0.15) is 29.7 Å². The molecule has 0 aliphatic rings. The van der Waals surface area contributed by atoms with Crippen molar-refractivity contribution < 1.29 is 9.13 Å². The molecule has 0 fully saturated rings. The molecule has 0 saturated carbocycles. The maximum absolute atomic E-state index is 13.1. The number of ether oxygens (including phenoxy) is 1. The predicted molar refractivity (Wildman–Crippen MR) is 84.3 cm³/mol. The fourth-order valence-electron chi connectivity index (χ4n) is 2.43. The minimum atomic E-state index is -0.180. The summed E-state index contributed by atoms with van der Waals surface area (Å²) in [5, 5.41) is 3.47. The van der Waals surface area contributed by atoms with Gasteiger partial charge >= 0.3 is 0 Å². The van der Waals surface area contributed by atoms with Crippen molar-refractivity contribution in [3.8, 4) is 5.75 Å². The Kier molecular flexibility index (Phi) is 5.34. The van der Waals surface area contributed by atoms with Gasteiger partial charge in [-0.2, -0.15) is 0 Å². The van der Waals surface area contributed by atoms with Crippen molar-refractivity contribution in [3.05, 3.63) is 65.0 Å². The topological polar surface area (TPSA) is 21.3 Å². The Hall–Kier alpha value is -1.87. The number of methoxy groups -OCH3 is 1. The minimum absolute atomic E-state index is 0.180. The van der Waals surface area contributed by atoms with Crippen molar-refractivity contribution in [1.82, 2.24) is 5.32 Å². The zero-order chi connectivity index (χ0) is 15.2. The molecule has 112 valence electrons. The van der Waals surface area contributed by atoms with Crippen LogP contribution < -0.4 is 10.1 Å². The van der Waals surface area contributed by atoms with Gasteiger partial charge in [0.15, 0.2) is 0 Å². The van der Waals surface area contributed by atoms with Gasteiger partial charge in [0.25, 0.3) is 0 Å². The van der Waals surface area contributed by atoms with E-state index >= 15 is 0 Å². The highest BCUT2D eigenvalue weighted by Crippen LogP contribution is 2.25. The third kappa shape index (κ3) is 4.30. The summed E-state index contributed by atoms with van der Waals surface area (Å²) >= 11 is 0. The predicted octanol–water partition coefficient (Wildman–Crippen LogP) is 4.04. The van der Waals surface area contributed by atoms with E-state index in [1.54, 1.807) is 19.2 Å². The van der Waals surface area contributed by atoms with Crippen LogP contribution in [0.4, 0.5) is 4.39 Å². The van der Waals surface area contributed by atoms with Crippen LogP contribution >= 0.6 is 0 Å². The van der Waals surface area contributed by atoms with E-state index in [1.165, 1.54) is 11.6 Å². The summed E-state index contributed by atoms with van der Waals surface area (Å²) in [4.78, 5) is 0. The van der Waals surface area contributed by atoms with Gasteiger partial charge in [-0.1, -0.05) is 29.8 Å². The SMILES string of the molecule is COc1ccc(C)cc1C(C)NCCc1cccc(F)c1. The number of hydrogen-bond donors (Lipinski definition) is 1. The molecule has 0 amide bonds. The van der Waals surface area contributed by atoms with Crippen LogP contribution in [-0.2, 0) is 6.42 Å². The summed E-state index contributed by atoms with van der Waals surface area (Å²) in [5.41, 5.74) is 3.37. The first-order valence-corrected chi connectivity index (χ1v) is 7.22. The minimum Gasteiger partial charge on any atom is -0.496 e. The monoisotopic (exact) mass is 287 g/mol. The third-order valence-electron chi connectivity index (χ3n) is 3.60. The Morgan fingerprint density at radius 2 is 2.00 bits per heavy atom. The summed E-state index contributed by atoms with van der Waals surface area (Å²) in [6, 6.07) is 13.1. The molecule has 1 unspecified atom stereocenters. The van der Waals surface area contributed by atoms with Gasteiger partial charge in [0.1, 0.15) is 11.6 Å². The van der Waals surface area contributed by atoms with E-state index in [0.29, 0.717) is 0 Å². The average molecular weight is 287 g/mol. The van der Waals surface area contributed by atoms with E-state index < -0.39 is 0 Å². The lowest BCUT2D eigenvalue weighted by Gasteiger charge is -2.18. The molecule has 2 nitrogen and oxygen atoms in total. The highest BCUT2D eigenvalue weighted by atomic mass is 19.1. The smallest absolute Gasteiger partial charge is 0.123 e. The molecule has 0 bridgehead atoms. The Morgan fingerprint density at radius 1 is 1.19 bits per heavy atom. The quantitative estimate of drug-likeness (QED) is 0.866. The maximum atomic E-state index is 13.1. The summed E-state index contributed by atoms with van der Waals surface area (Å²) in [7, 11) is 1.69. The molecular formula is C18H22FNO. The van der Waals surface area contributed by atoms with Crippen molar-refractivity contribution in [2.75, 3.05) is 13.7 Å². The fraction of sp³-hybridized carbons (Fsp3) is 0.333. The lowest BCUT2D eigenvalue weighted by molar-refractivity contribution is 0.401. The number of aryl methyl sites for hydroxylation is 1. The first kappa shape index (κ1) is 15.5. The Balaban J connectivity index is 1.95. The van der Waals surface area contributed by atoms with Crippen molar-refractivity contribution in [2.45, 2.75) is 26.3 Å². The third-order valence-corrected chi connectivity index (χ3v) is 3.60. The first-order valence-electron chi connectivity index (χ1n) is 7.22. The van der Waals surface area contributed by atoms with Crippen LogP contribution in [0.25, 0.3) is 0 Å². The number of hydrogen-bond acceptors (Lipinski definition) is 2. The summed E-state index contributed by atoms with van der Waals surface area (Å²) in [5.74, 6) is 0.715. The standard InChI is InChI=1S/C18H22FNO/c1-13-7-8-18(21-3)17(11-13)14(2)20-10-9-15-5-4-6-16(19)12-15/h4-8,11-12,14,20H,9-10H2,1-3H3. The van der Waals surface area contributed by atoms with E-state index in [1.807, 2.05) is 18.2 Å². The second-order valence-electron chi connectivity index (χ2n) is 5.30. The fourth-order valence-corrected chi connectivity index (χ4v) is 2.43. The van der Waals surface area contributed by atoms with E-state index in [-0.39, 0.29) is 11.9 Å². The largest absolute Gasteiger partial charge is 0.496 e. The van der Waals surface area contributed by atoms with Gasteiger partial charge in [0.2, 0.25) is 0 Å². The molecule has 0 saturated heterocycles. The van der Waals surface area contributed by atoms with E-state index in [9.17, 15) is 4.39 Å². The second kappa shape index (κ2) is 7.23.